The Bertz CT molecular complexity index is 958. The lowest BCUT2D eigenvalue weighted by atomic mass is 10.3. The summed E-state index contributed by atoms with van der Waals surface area (Å²) in [6.07, 6.45) is 0. The normalized spacial score (nSPS) is 11.4. The van der Waals surface area contributed by atoms with E-state index in [1.807, 2.05) is 38.1 Å². The number of sulfonamides is 1. The van der Waals surface area contributed by atoms with Crippen LogP contribution in [0, 0.1) is 0 Å². The zero-order valence-corrected chi connectivity index (χ0v) is 20.0. The van der Waals surface area contributed by atoms with Crippen LogP contribution in [0.3, 0.4) is 0 Å². The Labute approximate surface area is 189 Å². The van der Waals surface area contributed by atoms with Gasteiger partial charge in [-0.1, -0.05) is 13.8 Å². The Morgan fingerprint density at radius 3 is 2.19 bits per heavy atom. The summed E-state index contributed by atoms with van der Waals surface area (Å²) in [7, 11) is -3.65. The van der Waals surface area contributed by atoms with Gasteiger partial charge < -0.3 is 14.8 Å². The molecule has 2 aromatic rings. The molecule has 0 atom stereocenters. The van der Waals surface area contributed by atoms with Gasteiger partial charge in [-0.3, -0.25) is 4.79 Å². The fourth-order valence-electron chi connectivity index (χ4n) is 2.90. The molecule has 0 aliphatic heterocycles. The first kappa shape index (κ1) is 25.0. The molecular formula is C22H30N2O5S2. The highest BCUT2D eigenvalue weighted by molar-refractivity contribution is 8.00. The Hall–Kier alpha value is -2.23. The van der Waals surface area contributed by atoms with Gasteiger partial charge in [-0.15, -0.1) is 11.8 Å². The molecule has 0 spiro atoms. The number of rotatable bonds is 12. The van der Waals surface area contributed by atoms with E-state index in [0.717, 1.165) is 10.6 Å². The number of benzene rings is 2. The van der Waals surface area contributed by atoms with E-state index in [1.165, 1.54) is 28.2 Å². The van der Waals surface area contributed by atoms with Crippen LogP contribution in [0.5, 0.6) is 11.5 Å². The first-order chi connectivity index (χ1) is 14.8. The number of nitrogens with zero attached hydrogens (tertiary/aromatic N) is 1. The van der Waals surface area contributed by atoms with Crippen molar-refractivity contribution in [1.29, 1.82) is 0 Å². The predicted molar refractivity (Wildman–Crippen MR) is 125 cm³/mol. The number of thioether (sulfide) groups is 1. The summed E-state index contributed by atoms with van der Waals surface area (Å²) >= 11 is 1.38. The summed E-state index contributed by atoms with van der Waals surface area (Å²) in [5, 5.41) is 2.79. The minimum atomic E-state index is -3.65. The van der Waals surface area contributed by atoms with Crippen LogP contribution in [0.25, 0.3) is 0 Å². The van der Waals surface area contributed by atoms with Gasteiger partial charge in [0.2, 0.25) is 15.9 Å². The number of hydrogen-bond acceptors (Lipinski definition) is 6. The van der Waals surface area contributed by atoms with Crippen LogP contribution >= 0.6 is 11.8 Å². The van der Waals surface area contributed by atoms with Gasteiger partial charge in [0.25, 0.3) is 0 Å². The van der Waals surface area contributed by atoms with E-state index >= 15 is 0 Å². The van der Waals surface area contributed by atoms with Crippen LogP contribution in [-0.4, -0.2) is 50.7 Å². The van der Waals surface area contributed by atoms with E-state index in [9.17, 15) is 13.2 Å². The van der Waals surface area contributed by atoms with Gasteiger partial charge in [-0.05, 0) is 56.3 Å². The largest absolute Gasteiger partial charge is 0.494 e. The van der Waals surface area contributed by atoms with Crippen LogP contribution in [0.1, 0.15) is 27.7 Å². The van der Waals surface area contributed by atoms with Crippen molar-refractivity contribution in [3.8, 4) is 11.5 Å². The smallest absolute Gasteiger partial charge is 0.243 e. The van der Waals surface area contributed by atoms with Crippen LogP contribution in [0.4, 0.5) is 5.69 Å². The molecule has 0 radical (unpaired) electrons. The molecule has 0 aromatic heterocycles. The lowest BCUT2D eigenvalue weighted by molar-refractivity contribution is -0.113. The number of carbonyl (C=O) groups excluding carboxylic acids is 1. The third kappa shape index (κ3) is 6.88. The van der Waals surface area contributed by atoms with Crippen LogP contribution < -0.4 is 14.8 Å². The van der Waals surface area contributed by atoms with Crippen LogP contribution in [-0.2, 0) is 14.8 Å². The Morgan fingerprint density at radius 1 is 0.968 bits per heavy atom. The Kier molecular flexibility index (Phi) is 9.67. The second-order valence-corrected chi connectivity index (χ2v) is 9.41. The molecule has 31 heavy (non-hydrogen) atoms. The number of ether oxygens (including phenoxy) is 2. The monoisotopic (exact) mass is 466 g/mol. The van der Waals surface area contributed by atoms with E-state index in [1.54, 1.807) is 19.9 Å². The highest BCUT2D eigenvalue weighted by Crippen LogP contribution is 2.30. The maximum Gasteiger partial charge on any atom is 0.243 e. The summed E-state index contributed by atoms with van der Waals surface area (Å²) in [4.78, 5) is 13.6. The number of nitrogens with one attached hydrogen (secondary N) is 1. The topological polar surface area (TPSA) is 84.9 Å². The molecule has 0 aliphatic carbocycles. The van der Waals surface area contributed by atoms with Gasteiger partial charge in [-0.2, -0.15) is 4.31 Å². The molecule has 2 aromatic carbocycles. The molecule has 0 unspecified atom stereocenters. The van der Waals surface area contributed by atoms with Crippen molar-refractivity contribution in [2.75, 3.05) is 37.4 Å². The zero-order chi connectivity index (χ0) is 22.9. The second-order valence-electron chi connectivity index (χ2n) is 6.42. The fourth-order valence-corrected chi connectivity index (χ4v) is 5.08. The van der Waals surface area contributed by atoms with Crippen molar-refractivity contribution in [2.45, 2.75) is 37.5 Å². The summed E-state index contributed by atoms with van der Waals surface area (Å²) < 4.78 is 38.1. The van der Waals surface area contributed by atoms with Gasteiger partial charge in [0.15, 0.2) is 0 Å². The predicted octanol–water partition coefficient (Wildman–Crippen LogP) is 4.25. The maximum absolute atomic E-state index is 12.8. The van der Waals surface area contributed by atoms with E-state index in [0.29, 0.717) is 37.7 Å². The van der Waals surface area contributed by atoms with Gasteiger partial charge in [-0.25, -0.2) is 8.42 Å². The minimum Gasteiger partial charge on any atom is -0.494 e. The van der Waals surface area contributed by atoms with Crippen molar-refractivity contribution in [2.24, 2.45) is 0 Å². The van der Waals surface area contributed by atoms with Crippen molar-refractivity contribution in [1.82, 2.24) is 4.31 Å². The van der Waals surface area contributed by atoms with Crippen molar-refractivity contribution in [3.05, 3.63) is 42.5 Å². The third-order valence-electron chi connectivity index (χ3n) is 4.37. The minimum absolute atomic E-state index is 0.120. The number of amides is 1. The molecule has 170 valence electrons. The molecule has 9 heteroatoms. The Balaban J connectivity index is 2.14. The molecule has 0 fully saturated rings. The highest BCUT2D eigenvalue weighted by Gasteiger charge is 2.23. The van der Waals surface area contributed by atoms with Crippen LogP contribution in [0.15, 0.2) is 52.3 Å². The molecular weight excluding hydrogens is 436 g/mol. The molecule has 0 saturated heterocycles. The molecule has 0 saturated carbocycles. The lowest BCUT2D eigenvalue weighted by Crippen LogP contribution is -2.30. The molecule has 1 amide bonds. The van der Waals surface area contributed by atoms with E-state index in [-0.39, 0.29) is 16.6 Å². The average Bonchev–Trinajstić information content (AvgIpc) is 2.75. The van der Waals surface area contributed by atoms with Crippen molar-refractivity contribution in [3.63, 3.8) is 0 Å². The highest BCUT2D eigenvalue weighted by atomic mass is 32.2. The molecule has 2 rings (SSSR count). The standard InChI is InChI=1S/C22H30N2O5S2/c1-5-24(6-2)31(26,27)19-13-14-21(29-8-4)20(15-19)23-22(25)16-30-18-11-9-17(10-12-18)28-7-3/h9-15H,5-8,16H2,1-4H3,(H,23,25). The van der Waals surface area contributed by atoms with Gasteiger partial charge >= 0.3 is 0 Å². The number of anilines is 1. The van der Waals surface area contributed by atoms with Gasteiger partial charge in [0.05, 0.1) is 29.5 Å². The summed E-state index contributed by atoms with van der Waals surface area (Å²) in [6.45, 7) is 9.05. The van der Waals surface area contributed by atoms with E-state index in [2.05, 4.69) is 5.32 Å². The van der Waals surface area contributed by atoms with E-state index in [4.69, 9.17) is 9.47 Å². The SMILES string of the molecule is CCOc1ccc(SCC(=O)Nc2cc(S(=O)(=O)N(CC)CC)ccc2OCC)cc1. The third-order valence-corrected chi connectivity index (χ3v) is 7.43. The molecule has 0 heterocycles. The summed E-state index contributed by atoms with van der Waals surface area (Å²) in [6, 6.07) is 12.0. The van der Waals surface area contributed by atoms with E-state index < -0.39 is 10.0 Å². The number of carbonyl (C=O) groups is 1. The average molecular weight is 467 g/mol. The molecule has 0 bridgehead atoms. The number of hydrogen-bond donors (Lipinski definition) is 1. The molecule has 1 N–H and O–H groups in total. The zero-order valence-electron chi connectivity index (χ0n) is 18.4. The molecule has 7 nitrogen and oxygen atoms in total. The first-order valence-electron chi connectivity index (χ1n) is 10.3. The second kappa shape index (κ2) is 12.0. The summed E-state index contributed by atoms with van der Waals surface area (Å²) in [5.74, 6) is 1.13. The van der Waals surface area contributed by atoms with Crippen LogP contribution in [0.2, 0.25) is 0 Å². The van der Waals surface area contributed by atoms with Gasteiger partial charge in [0.1, 0.15) is 11.5 Å². The quantitative estimate of drug-likeness (QED) is 0.471. The lowest BCUT2D eigenvalue weighted by Gasteiger charge is -2.20. The maximum atomic E-state index is 12.8. The molecule has 0 aliphatic rings. The van der Waals surface area contributed by atoms with Crippen molar-refractivity contribution < 1.29 is 22.7 Å². The first-order valence-corrected chi connectivity index (χ1v) is 12.7. The van der Waals surface area contributed by atoms with Gasteiger partial charge in [0, 0.05) is 18.0 Å². The summed E-state index contributed by atoms with van der Waals surface area (Å²) in [5.41, 5.74) is 0.340. The Morgan fingerprint density at radius 2 is 1.61 bits per heavy atom. The fraction of sp³-hybridized carbons (Fsp3) is 0.409. The van der Waals surface area contributed by atoms with Crippen molar-refractivity contribution >= 4 is 33.4 Å².